The first kappa shape index (κ1) is 12.9. The van der Waals surface area contributed by atoms with Gasteiger partial charge in [-0.05, 0) is 44.7 Å². The highest BCUT2D eigenvalue weighted by atomic mass is 16.4. The van der Waals surface area contributed by atoms with Crippen LogP contribution in [0, 0.1) is 5.92 Å². The molecule has 5 heteroatoms. The fourth-order valence-electron chi connectivity index (χ4n) is 3.17. The highest BCUT2D eigenvalue weighted by Gasteiger charge is 2.24. The van der Waals surface area contributed by atoms with Crippen LogP contribution in [0.15, 0.2) is 10.7 Å². The third kappa shape index (κ3) is 3.09. The zero-order valence-electron chi connectivity index (χ0n) is 11.6. The molecule has 0 saturated carbocycles. The lowest BCUT2D eigenvalue weighted by Gasteiger charge is -2.32. The second kappa shape index (κ2) is 5.92. The molecule has 0 atom stereocenters. The van der Waals surface area contributed by atoms with Gasteiger partial charge in [0.25, 0.3) is 6.01 Å². The first-order valence-corrected chi connectivity index (χ1v) is 7.47. The van der Waals surface area contributed by atoms with Crippen LogP contribution in [-0.2, 0) is 6.54 Å². The highest BCUT2D eigenvalue weighted by Crippen LogP contribution is 2.24. The van der Waals surface area contributed by atoms with Crippen molar-refractivity contribution in [2.45, 2.75) is 32.2 Å². The van der Waals surface area contributed by atoms with E-state index < -0.39 is 0 Å². The van der Waals surface area contributed by atoms with Crippen LogP contribution in [-0.4, -0.2) is 42.6 Å². The molecular formula is C14H24N4O. The quantitative estimate of drug-likeness (QED) is 0.892. The minimum absolute atomic E-state index is 0.453. The lowest BCUT2D eigenvalue weighted by molar-refractivity contribution is 0.247. The van der Waals surface area contributed by atoms with Crippen molar-refractivity contribution in [1.29, 1.82) is 0 Å². The van der Waals surface area contributed by atoms with E-state index in [0.717, 1.165) is 30.7 Å². The Morgan fingerprint density at radius 1 is 1.21 bits per heavy atom. The molecule has 0 unspecified atom stereocenters. The van der Waals surface area contributed by atoms with Gasteiger partial charge in [0.2, 0.25) is 0 Å². The number of rotatable bonds is 4. The Morgan fingerprint density at radius 3 is 2.58 bits per heavy atom. The zero-order chi connectivity index (χ0) is 13.1. The number of nitrogens with two attached hydrogens (primary N) is 1. The van der Waals surface area contributed by atoms with Crippen LogP contribution < -0.4 is 10.6 Å². The minimum atomic E-state index is 0.453. The van der Waals surface area contributed by atoms with Crippen LogP contribution in [0.1, 0.15) is 31.4 Å². The summed E-state index contributed by atoms with van der Waals surface area (Å²) in [5.41, 5.74) is 6.40. The predicted octanol–water partition coefficient (Wildman–Crippen LogP) is 1.45. The molecule has 2 saturated heterocycles. The molecule has 1 aromatic heterocycles. The normalized spacial score (nSPS) is 22.3. The van der Waals surface area contributed by atoms with Gasteiger partial charge in [-0.25, -0.2) is 0 Å². The Morgan fingerprint density at radius 2 is 1.95 bits per heavy atom. The Labute approximate surface area is 114 Å². The van der Waals surface area contributed by atoms with Crippen LogP contribution in [0.3, 0.4) is 0 Å². The van der Waals surface area contributed by atoms with Crippen LogP contribution in [0.4, 0.5) is 6.01 Å². The summed E-state index contributed by atoms with van der Waals surface area (Å²) >= 11 is 0. The first-order valence-electron chi connectivity index (χ1n) is 7.47. The van der Waals surface area contributed by atoms with Crippen molar-refractivity contribution in [3.8, 4) is 0 Å². The first-order chi connectivity index (χ1) is 9.35. The minimum Gasteiger partial charge on any atom is -0.432 e. The van der Waals surface area contributed by atoms with Gasteiger partial charge >= 0.3 is 0 Å². The van der Waals surface area contributed by atoms with Gasteiger partial charge in [0.15, 0.2) is 0 Å². The SMILES string of the molecule is NCc1coc(N2CCC(CN3CCCC3)CC2)n1. The van der Waals surface area contributed by atoms with Gasteiger partial charge in [-0.15, -0.1) is 0 Å². The molecule has 1 aromatic rings. The second-order valence-electron chi connectivity index (χ2n) is 5.76. The number of likely N-dealkylation sites (tertiary alicyclic amines) is 1. The third-order valence-corrected chi connectivity index (χ3v) is 4.35. The van der Waals surface area contributed by atoms with Gasteiger partial charge in [0.1, 0.15) is 6.26 Å². The average Bonchev–Trinajstić information content (AvgIpc) is 3.10. The van der Waals surface area contributed by atoms with Gasteiger partial charge < -0.3 is 20.0 Å². The molecule has 2 aliphatic rings. The summed E-state index contributed by atoms with van der Waals surface area (Å²) in [4.78, 5) is 9.28. The number of hydrogen-bond acceptors (Lipinski definition) is 5. The summed E-state index contributed by atoms with van der Waals surface area (Å²) < 4.78 is 5.49. The fourth-order valence-corrected chi connectivity index (χ4v) is 3.17. The van der Waals surface area contributed by atoms with Crippen molar-refractivity contribution in [3.05, 3.63) is 12.0 Å². The van der Waals surface area contributed by atoms with E-state index in [2.05, 4.69) is 14.8 Å². The van der Waals surface area contributed by atoms with Gasteiger partial charge in [0, 0.05) is 26.2 Å². The summed E-state index contributed by atoms with van der Waals surface area (Å²) in [7, 11) is 0. The third-order valence-electron chi connectivity index (χ3n) is 4.35. The van der Waals surface area contributed by atoms with Crippen molar-refractivity contribution in [3.63, 3.8) is 0 Å². The maximum absolute atomic E-state index is 5.56. The average molecular weight is 264 g/mol. The second-order valence-corrected chi connectivity index (χ2v) is 5.76. The Bertz CT molecular complexity index is 392. The number of aromatic nitrogens is 1. The number of anilines is 1. The lowest BCUT2D eigenvalue weighted by Crippen LogP contribution is -2.38. The molecule has 0 amide bonds. The standard InChI is InChI=1S/C14H24N4O/c15-9-13-11-19-14(16-13)18-7-3-12(4-8-18)10-17-5-1-2-6-17/h11-12H,1-10,15H2. The topological polar surface area (TPSA) is 58.5 Å². The van der Waals surface area contributed by atoms with Crippen LogP contribution in [0.25, 0.3) is 0 Å². The van der Waals surface area contributed by atoms with Crippen molar-refractivity contribution >= 4 is 6.01 Å². The van der Waals surface area contributed by atoms with Crippen LogP contribution >= 0.6 is 0 Å². The number of oxazole rings is 1. The zero-order valence-corrected chi connectivity index (χ0v) is 11.6. The van der Waals surface area contributed by atoms with Crippen molar-refractivity contribution in [1.82, 2.24) is 9.88 Å². The smallest absolute Gasteiger partial charge is 0.297 e. The Kier molecular flexibility index (Phi) is 4.03. The molecule has 106 valence electrons. The van der Waals surface area contributed by atoms with E-state index in [4.69, 9.17) is 10.2 Å². The molecule has 0 spiro atoms. The molecule has 0 aliphatic carbocycles. The van der Waals surface area contributed by atoms with Crippen molar-refractivity contribution < 1.29 is 4.42 Å². The summed E-state index contributed by atoms with van der Waals surface area (Å²) in [6.07, 6.45) is 6.94. The number of nitrogens with zero attached hydrogens (tertiary/aromatic N) is 3. The Hall–Kier alpha value is -1.07. The lowest BCUT2D eigenvalue weighted by atomic mass is 9.96. The van der Waals surface area contributed by atoms with E-state index in [9.17, 15) is 0 Å². The largest absolute Gasteiger partial charge is 0.432 e. The molecule has 0 aromatic carbocycles. The van der Waals surface area contributed by atoms with Gasteiger partial charge in [-0.1, -0.05) is 0 Å². The maximum Gasteiger partial charge on any atom is 0.297 e. The molecular weight excluding hydrogens is 240 g/mol. The van der Waals surface area contributed by atoms with Crippen LogP contribution in [0.2, 0.25) is 0 Å². The maximum atomic E-state index is 5.56. The monoisotopic (exact) mass is 264 g/mol. The van der Waals surface area contributed by atoms with E-state index in [1.54, 1.807) is 6.26 Å². The summed E-state index contributed by atoms with van der Waals surface area (Å²) in [5, 5.41) is 0. The molecule has 19 heavy (non-hydrogen) atoms. The number of piperidine rings is 1. The predicted molar refractivity (Wildman–Crippen MR) is 75.0 cm³/mol. The van der Waals surface area contributed by atoms with Gasteiger partial charge in [-0.3, -0.25) is 0 Å². The van der Waals surface area contributed by atoms with Crippen molar-refractivity contribution in [2.24, 2.45) is 11.7 Å². The summed E-state index contributed by atoms with van der Waals surface area (Å²) in [6.45, 7) is 6.47. The number of hydrogen-bond donors (Lipinski definition) is 1. The molecule has 2 N–H and O–H groups in total. The van der Waals surface area contributed by atoms with E-state index in [1.807, 2.05) is 0 Å². The van der Waals surface area contributed by atoms with Crippen LogP contribution in [0.5, 0.6) is 0 Å². The highest BCUT2D eigenvalue weighted by molar-refractivity contribution is 5.27. The van der Waals surface area contributed by atoms with Gasteiger partial charge in [-0.2, -0.15) is 4.98 Å². The summed E-state index contributed by atoms with van der Waals surface area (Å²) in [6, 6.07) is 0.750. The van der Waals surface area contributed by atoms with E-state index in [1.165, 1.54) is 45.3 Å². The van der Waals surface area contributed by atoms with Gasteiger partial charge in [0.05, 0.1) is 5.69 Å². The molecule has 2 fully saturated rings. The molecule has 5 nitrogen and oxygen atoms in total. The van der Waals surface area contributed by atoms with Crippen molar-refractivity contribution in [2.75, 3.05) is 37.6 Å². The molecule has 0 bridgehead atoms. The van der Waals surface area contributed by atoms with E-state index >= 15 is 0 Å². The fraction of sp³-hybridized carbons (Fsp3) is 0.786. The molecule has 2 aliphatic heterocycles. The molecule has 0 radical (unpaired) electrons. The summed E-state index contributed by atoms with van der Waals surface area (Å²) in [5.74, 6) is 0.846. The Balaban J connectivity index is 1.48. The molecule has 3 rings (SSSR count). The van der Waals surface area contributed by atoms with E-state index in [0.29, 0.717) is 6.54 Å². The molecule has 3 heterocycles. The van der Waals surface area contributed by atoms with E-state index in [-0.39, 0.29) is 0 Å².